The minimum Gasteiger partial charge on any atom is -0.508 e. The average Bonchev–Trinajstić information content (AvgIpc) is 2.55. The maximum Gasteiger partial charge on any atom is 0.273 e. The number of nitro benzene ring substituents is 1. The van der Waals surface area contributed by atoms with Gasteiger partial charge < -0.3 is 5.11 Å². The number of amides is 1. The molecule has 2 rings (SSSR count). The van der Waals surface area contributed by atoms with Gasteiger partial charge in [-0.05, 0) is 6.07 Å². The van der Waals surface area contributed by atoms with Crippen molar-refractivity contribution in [1.82, 2.24) is 0 Å². The minimum absolute atomic E-state index is 0.0887. The Morgan fingerprint density at radius 3 is 2.36 bits per heavy atom. The fraction of sp³-hybridized carbons (Fsp3) is 0.0714. The standard InChI is InChI=1S/C8H10AsNO5.C6H5NO3/c1-6(11)10-8-5-3-2-4-7(8)9(12,13)15-14;8-6-3-1-2-5(4-6)7(9)10/h2-5,14H,1H3,(H,10,11)(H,12,13);1-4,8H. The number of nitrogens with zero attached hydrogens (tertiary/aromatic N) is 1. The first-order chi connectivity index (χ1) is 11.7. The number of carbonyl (C=O) groups excluding carboxylic acids is 1. The van der Waals surface area contributed by atoms with Crippen LogP contribution in [0, 0.1) is 10.1 Å². The fourth-order valence-electron chi connectivity index (χ4n) is 1.67. The summed E-state index contributed by atoms with van der Waals surface area (Å²) in [6.45, 7) is 1.27. The summed E-state index contributed by atoms with van der Waals surface area (Å²) in [5, 5.41) is 29.5. The van der Waals surface area contributed by atoms with Gasteiger partial charge in [0, 0.05) is 6.07 Å². The molecule has 0 fully saturated rings. The summed E-state index contributed by atoms with van der Waals surface area (Å²) in [5.74, 6) is -0.468. The number of anilines is 1. The summed E-state index contributed by atoms with van der Waals surface area (Å²) < 4.78 is 24.1. The number of non-ortho nitro benzene ring substituents is 1. The largest absolute Gasteiger partial charge is 0.508 e. The van der Waals surface area contributed by atoms with Gasteiger partial charge >= 0.3 is 88.4 Å². The second-order valence-electron chi connectivity index (χ2n) is 4.58. The zero-order chi connectivity index (χ0) is 19.0. The molecule has 2 aromatic rings. The van der Waals surface area contributed by atoms with E-state index < -0.39 is 19.1 Å². The number of nitro groups is 1. The zero-order valence-corrected chi connectivity index (χ0v) is 14.8. The second kappa shape index (κ2) is 8.99. The Bertz CT molecular complexity index is 811. The Hall–Kier alpha value is -2.65. The SMILES string of the molecule is CC(=O)Nc1ccccc1[As](=O)(O)OO.O=[N+]([O-])c1cccc(O)c1. The maximum atomic E-state index is 11.4. The van der Waals surface area contributed by atoms with Crippen molar-refractivity contribution in [3.8, 4) is 5.75 Å². The number of rotatable bonds is 4. The molecule has 1 unspecified atom stereocenters. The van der Waals surface area contributed by atoms with Crippen LogP contribution in [0.15, 0.2) is 48.5 Å². The van der Waals surface area contributed by atoms with E-state index in [4.69, 9.17) is 10.4 Å². The van der Waals surface area contributed by atoms with Gasteiger partial charge in [0.05, 0.1) is 11.0 Å². The molecule has 0 aliphatic rings. The van der Waals surface area contributed by atoms with Gasteiger partial charge in [-0.15, -0.1) is 0 Å². The van der Waals surface area contributed by atoms with Gasteiger partial charge in [0.1, 0.15) is 5.75 Å². The van der Waals surface area contributed by atoms with Crippen molar-refractivity contribution in [3.63, 3.8) is 0 Å². The molecule has 0 radical (unpaired) electrons. The number of hydrogen-bond donors (Lipinski definition) is 4. The zero-order valence-electron chi connectivity index (χ0n) is 12.9. The predicted octanol–water partition coefficient (Wildman–Crippen LogP) is 1.00. The van der Waals surface area contributed by atoms with Crippen LogP contribution < -0.4 is 9.67 Å². The summed E-state index contributed by atoms with van der Waals surface area (Å²) in [6.07, 6.45) is 0. The Balaban J connectivity index is 0.000000271. The van der Waals surface area contributed by atoms with E-state index in [0.29, 0.717) is 0 Å². The Labute approximate surface area is 144 Å². The fourth-order valence-corrected chi connectivity index (χ4v) is 3.34. The van der Waals surface area contributed by atoms with Crippen LogP contribution in [0.2, 0.25) is 0 Å². The number of benzene rings is 2. The van der Waals surface area contributed by atoms with Gasteiger partial charge in [-0.2, -0.15) is 0 Å². The molecule has 0 saturated heterocycles. The van der Waals surface area contributed by atoms with E-state index in [1.54, 1.807) is 6.07 Å². The van der Waals surface area contributed by atoms with Crippen LogP contribution in [0.3, 0.4) is 0 Å². The minimum atomic E-state index is -4.92. The van der Waals surface area contributed by atoms with E-state index in [1.165, 1.54) is 43.3 Å². The molecule has 11 heteroatoms. The van der Waals surface area contributed by atoms with E-state index in [1.807, 2.05) is 0 Å². The van der Waals surface area contributed by atoms with Crippen molar-refractivity contribution >= 4 is 35.8 Å². The first-order valence-electron chi connectivity index (χ1n) is 6.64. The van der Waals surface area contributed by atoms with Gasteiger partial charge in [-0.3, -0.25) is 10.1 Å². The molecule has 1 atom stereocenters. The van der Waals surface area contributed by atoms with Gasteiger partial charge in [-0.25, -0.2) is 0 Å². The van der Waals surface area contributed by atoms with E-state index >= 15 is 0 Å². The van der Waals surface area contributed by atoms with Crippen molar-refractivity contribution in [2.45, 2.75) is 6.92 Å². The molecule has 25 heavy (non-hydrogen) atoms. The molecule has 0 aliphatic carbocycles. The van der Waals surface area contributed by atoms with Crippen molar-refractivity contribution in [2.75, 3.05) is 5.32 Å². The normalized spacial score (nSPS) is 12.3. The molecule has 0 spiro atoms. The number of carbonyl (C=O) groups is 1. The molecule has 10 nitrogen and oxygen atoms in total. The number of hydrogen-bond acceptors (Lipinski definition) is 7. The van der Waals surface area contributed by atoms with Crippen LogP contribution in [0.25, 0.3) is 0 Å². The summed E-state index contributed by atoms with van der Waals surface area (Å²) in [4.78, 5) is 20.3. The van der Waals surface area contributed by atoms with Gasteiger partial charge in [0.2, 0.25) is 0 Å². The maximum absolute atomic E-state index is 11.4. The monoisotopic (exact) mass is 414 g/mol. The molecule has 134 valence electrons. The van der Waals surface area contributed by atoms with Crippen LogP contribution in [0.5, 0.6) is 5.75 Å². The van der Waals surface area contributed by atoms with E-state index in [0.717, 1.165) is 6.07 Å². The van der Waals surface area contributed by atoms with Crippen LogP contribution in [0.4, 0.5) is 11.4 Å². The summed E-state index contributed by atoms with van der Waals surface area (Å²) >= 11 is -4.92. The molecule has 2 aromatic carbocycles. The van der Waals surface area contributed by atoms with Gasteiger partial charge in [-0.1, -0.05) is 6.07 Å². The molecular weight excluding hydrogens is 399 g/mol. The number of phenols is 1. The summed E-state index contributed by atoms with van der Waals surface area (Å²) in [6, 6.07) is 11.1. The van der Waals surface area contributed by atoms with Crippen LogP contribution in [0.1, 0.15) is 6.92 Å². The van der Waals surface area contributed by atoms with Crippen LogP contribution in [-0.4, -0.2) is 39.5 Å². The molecule has 4 N–H and O–H groups in total. The second-order valence-corrected chi connectivity index (χ2v) is 8.11. The Morgan fingerprint density at radius 2 is 1.88 bits per heavy atom. The Kier molecular flexibility index (Phi) is 7.34. The molecular formula is C14H15AsN2O8. The Morgan fingerprint density at radius 1 is 1.24 bits per heavy atom. The van der Waals surface area contributed by atoms with E-state index in [2.05, 4.69) is 9.19 Å². The van der Waals surface area contributed by atoms with Crippen molar-refractivity contribution in [2.24, 2.45) is 0 Å². The number of aromatic hydroxyl groups is 1. The third-order valence-electron chi connectivity index (χ3n) is 2.67. The van der Waals surface area contributed by atoms with Crippen LogP contribution >= 0.6 is 0 Å². The molecule has 0 saturated carbocycles. The van der Waals surface area contributed by atoms with Crippen molar-refractivity contribution in [1.29, 1.82) is 0 Å². The third kappa shape index (κ3) is 6.40. The number of para-hydroxylation sites is 1. The van der Waals surface area contributed by atoms with Crippen LogP contribution in [-0.2, 0) is 12.4 Å². The topological polar surface area (TPSA) is 159 Å². The quantitative estimate of drug-likeness (QED) is 0.250. The molecule has 1 amide bonds. The smallest absolute Gasteiger partial charge is 0.273 e. The number of phenolic OH excluding ortho intramolecular Hbond substituents is 1. The summed E-state index contributed by atoms with van der Waals surface area (Å²) in [5.41, 5.74) is 0.0593. The van der Waals surface area contributed by atoms with Crippen molar-refractivity contribution < 1.29 is 31.8 Å². The predicted molar refractivity (Wildman–Crippen MR) is 87.5 cm³/mol. The van der Waals surface area contributed by atoms with Gasteiger partial charge in [0.25, 0.3) is 5.69 Å². The van der Waals surface area contributed by atoms with E-state index in [9.17, 15) is 22.7 Å². The molecule has 0 aliphatic heterocycles. The number of nitrogens with one attached hydrogen (secondary N) is 1. The molecule has 0 aromatic heterocycles. The van der Waals surface area contributed by atoms with Crippen molar-refractivity contribution in [3.05, 3.63) is 58.6 Å². The average molecular weight is 414 g/mol. The van der Waals surface area contributed by atoms with Gasteiger partial charge in [0.15, 0.2) is 0 Å². The first kappa shape index (κ1) is 20.4. The van der Waals surface area contributed by atoms with E-state index in [-0.39, 0.29) is 27.4 Å². The molecule has 0 bridgehead atoms. The molecule has 0 heterocycles. The first-order valence-corrected chi connectivity index (χ1v) is 9.95. The summed E-state index contributed by atoms with van der Waals surface area (Å²) in [7, 11) is 0. The third-order valence-corrected chi connectivity index (χ3v) is 5.23.